The number of pyridine rings is 1. The Kier molecular flexibility index (Phi) is 4.31. The first-order valence-electron chi connectivity index (χ1n) is 7.51. The van der Waals surface area contributed by atoms with Gasteiger partial charge in [-0.2, -0.15) is 0 Å². The van der Waals surface area contributed by atoms with Gasteiger partial charge in [-0.1, -0.05) is 6.07 Å². The fraction of sp³-hybridized carbons (Fsp3) is 0.500. The van der Waals surface area contributed by atoms with Crippen LogP contribution in [0.5, 0.6) is 0 Å². The Morgan fingerprint density at radius 1 is 1.24 bits per heavy atom. The van der Waals surface area contributed by atoms with Crippen molar-refractivity contribution in [3.63, 3.8) is 0 Å². The van der Waals surface area contributed by atoms with Crippen LogP contribution in [0.25, 0.3) is 0 Å². The van der Waals surface area contributed by atoms with Crippen LogP contribution >= 0.6 is 0 Å². The van der Waals surface area contributed by atoms with Gasteiger partial charge in [0.1, 0.15) is 11.9 Å². The minimum Gasteiger partial charge on any atom is -0.385 e. The molecule has 1 atom stereocenters. The normalized spacial score (nSPS) is 18.8. The highest BCUT2D eigenvalue weighted by atomic mass is 16.3. The quantitative estimate of drug-likeness (QED) is 0.930. The van der Waals surface area contributed by atoms with Gasteiger partial charge >= 0.3 is 0 Å². The standard InChI is InChI=1S/C16H22N4O/c1-19-11-8-18-16(19)15(21)13-5-9-20(10-6-13)12-14-4-2-3-7-17-14/h2-4,7-8,11,13,15,21H,5-6,9-10,12H2,1H3. The molecule has 0 amide bonds. The molecule has 112 valence electrons. The number of likely N-dealkylation sites (tertiary alicyclic amines) is 1. The SMILES string of the molecule is Cn1ccnc1C(O)C1CCN(Cc2ccccn2)CC1. The van der Waals surface area contributed by atoms with Gasteiger partial charge in [-0.05, 0) is 44.0 Å². The number of imidazole rings is 1. The lowest BCUT2D eigenvalue weighted by Crippen LogP contribution is -2.35. The van der Waals surface area contributed by atoms with Crippen molar-refractivity contribution in [2.45, 2.75) is 25.5 Å². The second kappa shape index (κ2) is 6.37. The average molecular weight is 286 g/mol. The molecule has 3 rings (SSSR count). The van der Waals surface area contributed by atoms with Crippen molar-refractivity contribution in [1.82, 2.24) is 19.4 Å². The topological polar surface area (TPSA) is 54.2 Å². The summed E-state index contributed by atoms with van der Waals surface area (Å²) in [6.45, 7) is 2.90. The van der Waals surface area contributed by atoms with E-state index in [1.807, 2.05) is 36.1 Å². The Labute approximate surface area is 125 Å². The minimum atomic E-state index is -0.456. The lowest BCUT2D eigenvalue weighted by molar-refractivity contribution is 0.0489. The summed E-state index contributed by atoms with van der Waals surface area (Å²) in [5.74, 6) is 1.07. The summed E-state index contributed by atoms with van der Waals surface area (Å²) in [4.78, 5) is 11.0. The number of aliphatic hydroxyl groups excluding tert-OH is 1. The van der Waals surface area contributed by atoms with Crippen LogP contribution in [0.4, 0.5) is 0 Å². The largest absolute Gasteiger partial charge is 0.385 e. The molecule has 1 aliphatic rings. The maximum Gasteiger partial charge on any atom is 0.137 e. The molecule has 1 N–H and O–H groups in total. The number of aliphatic hydroxyl groups is 1. The zero-order valence-electron chi connectivity index (χ0n) is 12.4. The molecule has 0 spiro atoms. The molecule has 0 bridgehead atoms. The first-order chi connectivity index (χ1) is 10.2. The van der Waals surface area contributed by atoms with Crippen molar-refractivity contribution in [2.75, 3.05) is 13.1 Å². The number of piperidine rings is 1. The molecule has 1 saturated heterocycles. The molecule has 1 aliphatic heterocycles. The van der Waals surface area contributed by atoms with Crippen molar-refractivity contribution in [1.29, 1.82) is 0 Å². The van der Waals surface area contributed by atoms with Crippen LogP contribution < -0.4 is 0 Å². The zero-order chi connectivity index (χ0) is 14.7. The molecule has 5 nitrogen and oxygen atoms in total. The van der Waals surface area contributed by atoms with Gasteiger partial charge in [-0.25, -0.2) is 4.98 Å². The molecule has 1 fully saturated rings. The van der Waals surface area contributed by atoms with Crippen molar-refractivity contribution in [3.8, 4) is 0 Å². The van der Waals surface area contributed by atoms with Crippen LogP contribution in [0.1, 0.15) is 30.5 Å². The maximum atomic E-state index is 10.5. The van der Waals surface area contributed by atoms with Crippen molar-refractivity contribution in [3.05, 3.63) is 48.3 Å². The third-order valence-electron chi connectivity index (χ3n) is 4.31. The first kappa shape index (κ1) is 14.2. The van der Waals surface area contributed by atoms with E-state index >= 15 is 0 Å². The first-order valence-corrected chi connectivity index (χ1v) is 7.51. The Hall–Kier alpha value is -1.72. The average Bonchev–Trinajstić information content (AvgIpc) is 2.94. The van der Waals surface area contributed by atoms with E-state index in [1.165, 1.54) is 0 Å². The lowest BCUT2D eigenvalue weighted by Gasteiger charge is -2.33. The second-order valence-corrected chi connectivity index (χ2v) is 5.78. The fourth-order valence-corrected chi connectivity index (χ4v) is 3.02. The van der Waals surface area contributed by atoms with E-state index in [0.717, 1.165) is 44.0 Å². The molecule has 3 heterocycles. The van der Waals surface area contributed by atoms with Crippen molar-refractivity contribution < 1.29 is 5.11 Å². The van der Waals surface area contributed by atoms with E-state index in [9.17, 15) is 5.11 Å². The van der Waals surface area contributed by atoms with E-state index < -0.39 is 6.10 Å². The molecule has 2 aromatic rings. The van der Waals surface area contributed by atoms with Gasteiger partial charge in [0.25, 0.3) is 0 Å². The Balaban J connectivity index is 1.54. The summed E-state index contributed by atoms with van der Waals surface area (Å²) in [6, 6.07) is 6.04. The highest BCUT2D eigenvalue weighted by Crippen LogP contribution is 2.30. The van der Waals surface area contributed by atoms with Crippen LogP contribution in [0.2, 0.25) is 0 Å². The molecule has 5 heteroatoms. The predicted octanol–water partition coefficient (Wildman–Crippen LogP) is 1.76. The maximum absolute atomic E-state index is 10.5. The Morgan fingerprint density at radius 3 is 2.67 bits per heavy atom. The van der Waals surface area contributed by atoms with E-state index in [0.29, 0.717) is 5.92 Å². The number of aryl methyl sites for hydroxylation is 1. The number of aromatic nitrogens is 3. The van der Waals surface area contributed by atoms with E-state index in [-0.39, 0.29) is 0 Å². The van der Waals surface area contributed by atoms with E-state index in [4.69, 9.17) is 0 Å². The predicted molar refractivity (Wildman–Crippen MR) is 80.4 cm³/mol. The number of hydrogen-bond acceptors (Lipinski definition) is 4. The van der Waals surface area contributed by atoms with Gasteiger partial charge in [0.05, 0.1) is 5.69 Å². The monoisotopic (exact) mass is 286 g/mol. The molecule has 0 saturated carbocycles. The molecule has 2 aromatic heterocycles. The van der Waals surface area contributed by atoms with Gasteiger partial charge in [0, 0.05) is 32.2 Å². The smallest absolute Gasteiger partial charge is 0.137 e. The molecule has 0 aliphatic carbocycles. The molecule has 1 unspecified atom stereocenters. The minimum absolute atomic E-state index is 0.297. The summed E-state index contributed by atoms with van der Waals surface area (Å²) in [7, 11) is 1.93. The highest BCUT2D eigenvalue weighted by Gasteiger charge is 2.28. The summed E-state index contributed by atoms with van der Waals surface area (Å²) in [6.07, 6.45) is 7.01. The van der Waals surface area contributed by atoms with Crippen LogP contribution in [0.3, 0.4) is 0 Å². The molecular formula is C16H22N4O. The van der Waals surface area contributed by atoms with Gasteiger partial charge in [-0.3, -0.25) is 9.88 Å². The highest BCUT2D eigenvalue weighted by molar-refractivity contribution is 5.04. The van der Waals surface area contributed by atoms with Gasteiger partial charge in [0.15, 0.2) is 0 Å². The van der Waals surface area contributed by atoms with Crippen LogP contribution in [-0.4, -0.2) is 37.6 Å². The van der Waals surface area contributed by atoms with Gasteiger partial charge in [-0.15, -0.1) is 0 Å². The third kappa shape index (κ3) is 3.31. The van der Waals surface area contributed by atoms with Crippen molar-refractivity contribution in [2.24, 2.45) is 13.0 Å². The van der Waals surface area contributed by atoms with Crippen LogP contribution in [0.15, 0.2) is 36.8 Å². The Morgan fingerprint density at radius 2 is 2.05 bits per heavy atom. The zero-order valence-corrected chi connectivity index (χ0v) is 12.4. The van der Waals surface area contributed by atoms with Crippen molar-refractivity contribution >= 4 is 0 Å². The second-order valence-electron chi connectivity index (χ2n) is 5.78. The van der Waals surface area contributed by atoms with E-state index in [2.05, 4.69) is 20.9 Å². The van der Waals surface area contributed by atoms with Gasteiger partial charge in [0.2, 0.25) is 0 Å². The molecule has 0 aromatic carbocycles. The molecular weight excluding hydrogens is 264 g/mol. The Bertz CT molecular complexity index is 561. The lowest BCUT2D eigenvalue weighted by atomic mass is 9.90. The molecule has 0 radical (unpaired) electrons. The summed E-state index contributed by atoms with van der Waals surface area (Å²) < 4.78 is 1.91. The molecule has 21 heavy (non-hydrogen) atoms. The number of nitrogens with zero attached hydrogens (tertiary/aromatic N) is 4. The number of rotatable bonds is 4. The van der Waals surface area contributed by atoms with E-state index in [1.54, 1.807) is 6.20 Å². The van der Waals surface area contributed by atoms with Gasteiger partial charge < -0.3 is 9.67 Å². The number of hydrogen-bond donors (Lipinski definition) is 1. The summed E-state index contributed by atoms with van der Waals surface area (Å²) in [5, 5.41) is 10.5. The third-order valence-corrected chi connectivity index (χ3v) is 4.31. The van der Waals surface area contributed by atoms with Crippen LogP contribution in [-0.2, 0) is 13.6 Å². The van der Waals surface area contributed by atoms with Crippen LogP contribution in [0, 0.1) is 5.92 Å². The summed E-state index contributed by atoms with van der Waals surface area (Å²) >= 11 is 0. The summed E-state index contributed by atoms with van der Waals surface area (Å²) in [5.41, 5.74) is 1.11. The fourth-order valence-electron chi connectivity index (χ4n) is 3.02.